The Kier molecular flexibility index (Phi) is 6.77. The summed E-state index contributed by atoms with van der Waals surface area (Å²) in [5.41, 5.74) is 2.29. The second kappa shape index (κ2) is 9.30. The third-order valence-corrected chi connectivity index (χ3v) is 5.31. The summed E-state index contributed by atoms with van der Waals surface area (Å²) in [5, 5.41) is 2.82. The number of amides is 2. The van der Waals surface area contributed by atoms with Crippen LogP contribution in [0.5, 0.6) is 5.75 Å². The Bertz CT molecular complexity index is 879. The standard InChI is InChI=1S/C24H31N3O3/c1-24(2,3)18-9-11-19(12-10-18)30-17-22(28)25-21-8-6-5-7-20(21)23(29)27-15-13-26(4)14-16-27/h5-12H,13-17H2,1-4H3,(H,25,28). The number of piperazine rings is 1. The van der Waals surface area contributed by atoms with Crippen LogP contribution in [0.1, 0.15) is 36.7 Å². The highest BCUT2D eigenvalue weighted by molar-refractivity contribution is 6.04. The highest BCUT2D eigenvalue weighted by Crippen LogP contribution is 2.24. The van der Waals surface area contributed by atoms with Crippen LogP contribution in [-0.4, -0.2) is 61.4 Å². The molecule has 1 saturated heterocycles. The highest BCUT2D eigenvalue weighted by atomic mass is 16.5. The summed E-state index contributed by atoms with van der Waals surface area (Å²) >= 11 is 0. The first-order valence-corrected chi connectivity index (χ1v) is 10.3. The van der Waals surface area contributed by atoms with Crippen LogP contribution in [0, 0.1) is 0 Å². The zero-order valence-electron chi connectivity index (χ0n) is 18.3. The van der Waals surface area contributed by atoms with E-state index < -0.39 is 0 Å². The van der Waals surface area contributed by atoms with Gasteiger partial charge in [0.15, 0.2) is 6.61 Å². The molecule has 0 radical (unpaired) electrons. The SMILES string of the molecule is CN1CCN(C(=O)c2ccccc2NC(=O)COc2ccc(C(C)(C)C)cc2)CC1. The largest absolute Gasteiger partial charge is 0.484 e. The fraction of sp³-hybridized carbons (Fsp3) is 0.417. The molecule has 0 spiro atoms. The van der Waals surface area contributed by atoms with Crippen molar-refractivity contribution in [2.75, 3.05) is 45.2 Å². The van der Waals surface area contributed by atoms with Gasteiger partial charge in [0.05, 0.1) is 11.3 Å². The normalized spacial score (nSPS) is 15.0. The lowest BCUT2D eigenvalue weighted by Gasteiger charge is -2.32. The molecule has 0 atom stereocenters. The predicted molar refractivity (Wildman–Crippen MR) is 119 cm³/mol. The van der Waals surface area contributed by atoms with Gasteiger partial charge in [-0.25, -0.2) is 0 Å². The second-order valence-electron chi connectivity index (χ2n) is 8.75. The van der Waals surface area contributed by atoms with Gasteiger partial charge in [-0.05, 0) is 42.3 Å². The quantitative estimate of drug-likeness (QED) is 0.822. The van der Waals surface area contributed by atoms with E-state index in [0.29, 0.717) is 30.1 Å². The Morgan fingerprint density at radius 3 is 2.23 bits per heavy atom. The Labute approximate surface area is 178 Å². The van der Waals surface area contributed by atoms with Gasteiger partial charge in [0, 0.05) is 26.2 Å². The van der Waals surface area contributed by atoms with Gasteiger partial charge in [-0.15, -0.1) is 0 Å². The molecule has 0 aromatic heterocycles. The Balaban J connectivity index is 1.60. The average molecular weight is 410 g/mol. The Morgan fingerprint density at radius 1 is 0.967 bits per heavy atom. The van der Waals surface area contributed by atoms with E-state index in [1.54, 1.807) is 12.1 Å². The molecule has 6 heteroatoms. The molecule has 2 aromatic rings. The Morgan fingerprint density at radius 2 is 1.60 bits per heavy atom. The van der Waals surface area contributed by atoms with E-state index in [1.165, 1.54) is 5.56 Å². The minimum Gasteiger partial charge on any atom is -0.484 e. The van der Waals surface area contributed by atoms with Gasteiger partial charge >= 0.3 is 0 Å². The molecule has 1 aliphatic rings. The molecular formula is C24H31N3O3. The number of carbonyl (C=O) groups is 2. The number of rotatable bonds is 5. The summed E-state index contributed by atoms with van der Waals surface area (Å²) in [4.78, 5) is 29.4. The Hall–Kier alpha value is -2.86. The summed E-state index contributed by atoms with van der Waals surface area (Å²) in [7, 11) is 2.05. The van der Waals surface area contributed by atoms with Crippen molar-refractivity contribution in [1.82, 2.24) is 9.80 Å². The second-order valence-corrected chi connectivity index (χ2v) is 8.75. The molecule has 2 amide bonds. The molecule has 3 rings (SSSR count). The number of carbonyl (C=O) groups excluding carboxylic acids is 2. The fourth-order valence-corrected chi connectivity index (χ4v) is 3.34. The highest BCUT2D eigenvalue weighted by Gasteiger charge is 2.23. The van der Waals surface area contributed by atoms with Crippen LogP contribution in [0.15, 0.2) is 48.5 Å². The van der Waals surface area contributed by atoms with E-state index in [-0.39, 0.29) is 23.8 Å². The molecule has 1 heterocycles. The van der Waals surface area contributed by atoms with E-state index in [4.69, 9.17) is 4.74 Å². The molecule has 0 saturated carbocycles. The maximum Gasteiger partial charge on any atom is 0.262 e. The molecular weight excluding hydrogens is 378 g/mol. The minimum absolute atomic E-state index is 0.0577. The van der Waals surface area contributed by atoms with Gasteiger partial charge in [0.25, 0.3) is 11.8 Å². The number of nitrogens with zero attached hydrogens (tertiary/aromatic N) is 2. The molecule has 1 aliphatic heterocycles. The maximum atomic E-state index is 12.9. The molecule has 6 nitrogen and oxygen atoms in total. The summed E-state index contributed by atoms with van der Waals surface area (Å²) < 4.78 is 5.62. The van der Waals surface area contributed by atoms with Crippen LogP contribution in [0.2, 0.25) is 0 Å². The first-order chi connectivity index (χ1) is 14.2. The summed E-state index contributed by atoms with van der Waals surface area (Å²) in [6.45, 7) is 9.40. The summed E-state index contributed by atoms with van der Waals surface area (Å²) in [5.74, 6) is 0.283. The number of para-hydroxylation sites is 1. The number of anilines is 1. The van der Waals surface area contributed by atoms with Crippen molar-refractivity contribution in [2.45, 2.75) is 26.2 Å². The third kappa shape index (κ3) is 5.60. The average Bonchev–Trinajstić information content (AvgIpc) is 2.72. The van der Waals surface area contributed by atoms with Crippen molar-refractivity contribution in [3.8, 4) is 5.75 Å². The van der Waals surface area contributed by atoms with Gasteiger partial charge in [-0.2, -0.15) is 0 Å². The lowest BCUT2D eigenvalue weighted by molar-refractivity contribution is -0.118. The van der Waals surface area contributed by atoms with E-state index in [0.717, 1.165) is 13.1 Å². The number of hydrogen-bond donors (Lipinski definition) is 1. The van der Waals surface area contributed by atoms with Crippen molar-refractivity contribution < 1.29 is 14.3 Å². The molecule has 2 aromatic carbocycles. The van der Waals surface area contributed by atoms with Crippen LogP contribution < -0.4 is 10.1 Å². The van der Waals surface area contributed by atoms with E-state index in [1.807, 2.05) is 48.3 Å². The minimum atomic E-state index is -0.298. The number of ether oxygens (including phenoxy) is 1. The van der Waals surface area contributed by atoms with Crippen LogP contribution in [0.4, 0.5) is 5.69 Å². The summed E-state index contributed by atoms with van der Waals surface area (Å²) in [6, 6.07) is 14.9. The number of nitrogens with one attached hydrogen (secondary N) is 1. The molecule has 160 valence electrons. The zero-order valence-corrected chi connectivity index (χ0v) is 18.3. The lowest BCUT2D eigenvalue weighted by Crippen LogP contribution is -2.47. The molecule has 1 fully saturated rings. The van der Waals surface area contributed by atoms with E-state index in [9.17, 15) is 9.59 Å². The fourth-order valence-electron chi connectivity index (χ4n) is 3.34. The number of benzene rings is 2. The van der Waals surface area contributed by atoms with Crippen LogP contribution in [0.3, 0.4) is 0 Å². The van der Waals surface area contributed by atoms with Gasteiger partial charge in [0.2, 0.25) is 0 Å². The predicted octanol–water partition coefficient (Wildman–Crippen LogP) is 3.39. The molecule has 0 unspecified atom stereocenters. The van der Waals surface area contributed by atoms with E-state index >= 15 is 0 Å². The van der Waals surface area contributed by atoms with Crippen LogP contribution >= 0.6 is 0 Å². The van der Waals surface area contributed by atoms with Crippen molar-refractivity contribution in [2.24, 2.45) is 0 Å². The van der Waals surface area contributed by atoms with Gasteiger partial charge in [-0.1, -0.05) is 45.0 Å². The lowest BCUT2D eigenvalue weighted by atomic mass is 9.87. The zero-order chi connectivity index (χ0) is 21.7. The van der Waals surface area contributed by atoms with Gasteiger partial charge < -0.3 is 19.9 Å². The first-order valence-electron chi connectivity index (χ1n) is 10.3. The molecule has 0 bridgehead atoms. The van der Waals surface area contributed by atoms with Crippen molar-refractivity contribution in [3.63, 3.8) is 0 Å². The van der Waals surface area contributed by atoms with Gasteiger partial charge in [-0.3, -0.25) is 9.59 Å². The van der Waals surface area contributed by atoms with Crippen molar-refractivity contribution >= 4 is 17.5 Å². The molecule has 1 N–H and O–H groups in total. The number of likely N-dealkylation sites (N-methyl/N-ethyl adjacent to an activating group) is 1. The number of hydrogen-bond acceptors (Lipinski definition) is 4. The van der Waals surface area contributed by atoms with E-state index in [2.05, 4.69) is 31.0 Å². The van der Waals surface area contributed by atoms with Crippen molar-refractivity contribution in [1.29, 1.82) is 0 Å². The maximum absolute atomic E-state index is 12.9. The topological polar surface area (TPSA) is 61.9 Å². The summed E-state index contributed by atoms with van der Waals surface area (Å²) in [6.07, 6.45) is 0. The molecule has 30 heavy (non-hydrogen) atoms. The first kappa shape index (κ1) is 21.8. The van der Waals surface area contributed by atoms with Crippen LogP contribution in [0.25, 0.3) is 0 Å². The van der Waals surface area contributed by atoms with Crippen LogP contribution in [-0.2, 0) is 10.2 Å². The van der Waals surface area contributed by atoms with Gasteiger partial charge in [0.1, 0.15) is 5.75 Å². The third-order valence-electron chi connectivity index (χ3n) is 5.31. The molecule has 0 aliphatic carbocycles. The van der Waals surface area contributed by atoms with Crippen molar-refractivity contribution in [3.05, 3.63) is 59.7 Å². The monoisotopic (exact) mass is 409 g/mol. The smallest absolute Gasteiger partial charge is 0.262 e.